The van der Waals surface area contributed by atoms with Crippen molar-refractivity contribution >= 4 is 17.5 Å². The van der Waals surface area contributed by atoms with Crippen molar-refractivity contribution in [2.75, 3.05) is 11.9 Å². The van der Waals surface area contributed by atoms with Crippen LogP contribution in [0, 0.1) is 13.8 Å². The molecule has 1 unspecified atom stereocenters. The Morgan fingerprint density at radius 2 is 1.68 bits per heavy atom. The summed E-state index contributed by atoms with van der Waals surface area (Å²) in [5, 5.41) is 5.32. The summed E-state index contributed by atoms with van der Waals surface area (Å²) in [4.78, 5) is 24.2. The lowest BCUT2D eigenvalue weighted by molar-refractivity contribution is -0.136. The second-order valence-corrected chi connectivity index (χ2v) is 5.95. The fourth-order valence-corrected chi connectivity index (χ4v) is 2.37. The summed E-state index contributed by atoms with van der Waals surface area (Å²) in [6, 6.07) is 12.7. The van der Waals surface area contributed by atoms with Crippen LogP contribution in [0.1, 0.15) is 36.6 Å². The largest absolute Gasteiger partial charge is 0.494 e. The summed E-state index contributed by atoms with van der Waals surface area (Å²) < 4.78 is 5.39. The lowest BCUT2D eigenvalue weighted by atomic mass is 10.1. The van der Waals surface area contributed by atoms with Crippen molar-refractivity contribution in [2.45, 2.75) is 33.7 Å². The van der Waals surface area contributed by atoms with Crippen LogP contribution in [0.15, 0.2) is 42.5 Å². The molecule has 0 saturated heterocycles. The minimum atomic E-state index is -0.680. The molecular weight excluding hydrogens is 316 g/mol. The second kappa shape index (κ2) is 8.33. The third kappa shape index (κ3) is 5.08. The van der Waals surface area contributed by atoms with Gasteiger partial charge < -0.3 is 15.4 Å². The molecule has 0 fully saturated rings. The predicted molar refractivity (Wildman–Crippen MR) is 98.7 cm³/mol. The number of aryl methyl sites for hydroxylation is 2. The average molecular weight is 340 g/mol. The Labute approximate surface area is 148 Å². The number of carbonyl (C=O) groups is 2. The molecule has 25 heavy (non-hydrogen) atoms. The first kappa shape index (κ1) is 18.5. The van der Waals surface area contributed by atoms with E-state index in [9.17, 15) is 9.59 Å². The third-order valence-corrected chi connectivity index (χ3v) is 4.01. The lowest BCUT2D eigenvalue weighted by Gasteiger charge is -2.15. The van der Waals surface area contributed by atoms with Crippen molar-refractivity contribution in [2.24, 2.45) is 0 Å². The first-order chi connectivity index (χ1) is 11.9. The number of amides is 2. The molecule has 2 N–H and O–H groups in total. The molecule has 0 radical (unpaired) electrons. The Morgan fingerprint density at radius 3 is 2.28 bits per heavy atom. The quantitative estimate of drug-likeness (QED) is 0.819. The molecule has 0 aliphatic carbocycles. The highest BCUT2D eigenvalue weighted by molar-refractivity contribution is 6.39. The molecule has 2 rings (SSSR count). The highest BCUT2D eigenvalue weighted by Gasteiger charge is 2.17. The predicted octanol–water partition coefficient (Wildman–Crippen LogP) is 3.52. The van der Waals surface area contributed by atoms with Gasteiger partial charge in [0, 0.05) is 5.69 Å². The Kier molecular flexibility index (Phi) is 6.17. The second-order valence-electron chi connectivity index (χ2n) is 5.95. The van der Waals surface area contributed by atoms with Crippen molar-refractivity contribution in [3.63, 3.8) is 0 Å². The zero-order valence-electron chi connectivity index (χ0n) is 15.1. The normalized spacial score (nSPS) is 11.5. The smallest absolute Gasteiger partial charge is 0.313 e. The molecule has 0 spiro atoms. The van der Waals surface area contributed by atoms with Gasteiger partial charge in [-0.05, 0) is 68.7 Å². The van der Waals surface area contributed by atoms with Crippen molar-refractivity contribution in [1.82, 2.24) is 5.32 Å². The minimum absolute atomic E-state index is 0.284. The fraction of sp³-hybridized carbons (Fsp3) is 0.300. The summed E-state index contributed by atoms with van der Waals surface area (Å²) in [6.07, 6.45) is 0. The zero-order chi connectivity index (χ0) is 18.4. The van der Waals surface area contributed by atoms with Crippen LogP contribution in [-0.4, -0.2) is 18.4 Å². The zero-order valence-corrected chi connectivity index (χ0v) is 15.1. The van der Waals surface area contributed by atoms with Gasteiger partial charge in [-0.2, -0.15) is 0 Å². The van der Waals surface area contributed by atoms with Gasteiger partial charge in [0.2, 0.25) is 0 Å². The topological polar surface area (TPSA) is 67.4 Å². The van der Waals surface area contributed by atoms with Crippen LogP contribution in [0.3, 0.4) is 0 Å². The Balaban J connectivity index is 1.95. The molecule has 132 valence electrons. The van der Waals surface area contributed by atoms with Crippen LogP contribution in [0.5, 0.6) is 5.75 Å². The van der Waals surface area contributed by atoms with E-state index in [0.29, 0.717) is 12.3 Å². The lowest BCUT2D eigenvalue weighted by Crippen LogP contribution is -2.36. The van der Waals surface area contributed by atoms with Crippen LogP contribution in [0.4, 0.5) is 5.69 Å². The first-order valence-electron chi connectivity index (χ1n) is 8.32. The van der Waals surface area contributed by atoms with Gasteiger partial charge in [0.1, 0.15) is 5.75 Å². The number of anilines is 1. The van der Waals surface area contributed by atoms with Gasteiger partial charge in [-0.1, -0.05) is 18.2 Å². The molecule has 0 aliphatic rings. The van der Waals surface area contributed by atoms with E-state index in [1.807, 2.05) is 64.1 Å². The van der Waals surface area contributed by atoms with Crippen LogP contribution < -0.4 is 15.4 Å². The highest BCUT2D eigenvalue weighted by Crippen LogP contribution is 2.18. The van der Waals surface area contributed by atoms with Crippen LogP contribution in [0.2, 0.25) is 0 Å². The summed E-state index contributed by atoms with van der Waals surface area (Å²) in [5.41, 5.74) is 3.69. The number of ether oxygens (including phenoxy) is 1. The van der Waals surface area contributed by atoms with Crippen LogP contribution in [-0.2, 0) is 9.59 Å². The molecule has 0 heterocycles. The fourth-order valence-electron chi connectivity index (χ4n) is 2.37. The van der Waals surface area contributed by atoms with Gasteiger partial charge in [0.15, 0.2) is 0 Å². The Hall–Kier alpha value is -2.82. The molecule has 5 nitrogen and oxygen atoms in total. The molecule has 5 heteroatoms. The van der Waals surface area contributed by atoms with Gasteiger partial charge in [0.25, 0.3) is 0 Å². The molecule has 0 bridgehead atoms. The van der Waals surface area contributed by atoms with E-state index < -0.39 is 11.8 Å². The van der Waals surface area contributed by atoms with Gasteiger partial charge in [-0.25, -0.2) is 0 Å². The van der Waals surface area contributed by atoms with E-state index in [0.717, 1.165) is 22.4 Å². The highest BCUT2D eigenvalue weighted by atomic mass is 16.5. The SMILES string of the molecule is CCOc1ccc(C(C)NC(=O)C(=O)Nc2ccc(C)c(C)c2)cc1. The summed E-state index contributed by atoms with van der Waals surface area (Å²) in [6.45, 7) is 8.30. The van der Waals surface area contributed by atoms with E-state index in [1.165, 1.54) is 0 Å². The van der Waals surface area contributed by atoms with E-state index in [1.54, 1.807) is 6.07 Å². The maximum Gasteiger partial charge on any atom is 0.313 e. The summed E-state index contributed by atoms with van der Waals surface area (Å²) in [5.74, 6) is -0.571. The number of nitrogens with one attached hydrogen (secondary N) is 2. The molecular formula is C20H24N2O3. The summed E-state index contributed by atoms with van der Waals surface area (Å²) in [7, 11) is 0. The number of carbonyl (C=O) groups excluding carboxylic acids is 2. The number of hydrogen-bond acceptors (Lipinski definition) is 3. The maximum absolute atomic E-state index is 12.1. The van der Waals surface area contributed by atoms with Crippen molar-refractivity contribution in [3.8, 4) is 5.75 Å². The van der Waals surface area contributed by atoms with E-state index in [-0.39, 0.29) is 6.04 Å². The van der Waals surface area contributed by atoms with Crippen molar-refractivity contribution in [3.05, 3.63) is 59.2 Å². The van der Waals surface area contributed by atoms with Gasteiger partial charge in [-0.3, -0.25) is 9.59 Å². The standard InChI is InChI=1S/C20H24N2O3/c1-5-25-18-10-7-16(8-11-18)15(4)21-19(23)20(24)22-17-9-6-13(2)14(3)12-17/h6-12,15H,5H2,1-4H3,(H,21,23)(H,22,24). The van der Waals surface area contributed by atoms with Gasteiger partial charge >= 0.3 is 11.8 Å². The first-order valence-corrected chi connectivity index (χ1v) is 8.32. The van der Waals surface area contributed by atoms with Crippen molar-refractivity contribution in [1.29, 1.82) is 0 Å². The number of benzene rings is 2. The molecule has 0 aromatic heterocycles. The molecule has 2 aromatic carbocycles. The van der Waals surface area contributed by atoms with Crippen molar-refractivity contribution < 1.29 is 14.3 Å². The minimum Gasteiger partial charge on any atom is -0.494 e. The summed E-state index contributed by atoms with van der Waals surface area (Å²) >= 11 is 0. The Morgan fingerprint density at radius 1 is 1.00 bits per heavy atom. The van der Waals surface area contributed by atoms with Gasteiger partial charge in [-0.15, -0.1) is 0 Å². The average Bonchev–Trinajstić information content (AvgIpc) is 2.59. The van der Waals surface area contributed by atoms with E-state index in [4.69, 9.17) is 4.74 Å². The molecule has 2 aromatic rings. The molecule has 0 aliphatic heterocycles. The maximum atomic E-state index is 12.1. The van der Waals surface area contributed by atoms with E-state index in [2.05, 4.69) is 10.6 Å². The number of hydrogen-bond donors (Lipinski definition) is 2. The third-order valence-electron chi connectivity index (χ3n) is 4.01. The molecule has 0 saturated carbocycles. The monoisotopic (exact) mass is 340 g/mol. The van der Waals surface area contributed by atoms with Crippen LogP contribution in [0.25, 0.3) is 0 Å². The Bertz CT molecular complexity index is 754. The molecule has 2 amide bonds. The number of rotatable bonds is 5. The van der Waals surface area contributed by atoms with Gasteiger partial charge in [0.05, 0.1) is 12.6 Å². The molecule has 1 atom stereocenters. The van der Waals surface area contributed by atoms with Crippen LogP contribution >= 0.6 is 0 Å². The van der Waals surface area contributed by atoms with E-state index >= 15 is 0 Å².